The molecule has 4 aromatic rings. The maximum Gasteiger partial charge on any atom is 0.305 e. The molecule has 1 aromatic heterocycles. The van der Waals surface area contributed by atoms with Crippen molar-refractivity contribution in [2.75, 3.05) is 16.8 Å². The van der Waals surface area contributed by atoms with Crippen molar-refractivity contribution in [2.24, 2.45) is 11.1 Å². The fraction of sp³-hybridized carbons (Fsp3) is 0.143. The number of hydrogen-bond acceptors (Lipinski definition) is 9. The highest BCUT2D eigenvalue weighted by atomic mass is 32.2. The van der Waals surface area contributed by atoms with Crippen molar-refractivity contribution in [3.05, 3.63) is 99.0 Å². The number of hydrogen-bond donors (Lipinski definition) is 3. The van der Waals surface area contributed by atoms with Crippen LogP contribution in [0.2, 0.25) is 0 Å². The Morgan fingerprint density at radius 3 is 2.43 bits per heavy atom. The number of imide groups is 1. The molecule has 14 heteroatoms. The molecule has 2 aliphatic rings. The number of rotatable bonds is 7. The number of nitrogens with two attached hydrogens (primary N) is 1. The summed E-state index contributed by atoms with van der Waals surface area (Å²) in [6.45, 7) is -0.352. The van der Waals surface area contributed by atoms with Crippen LogP contribution in [0.3, 0.4) is 0 Å². The average Bonchev–Trinajstić information content (AvgIpc) is 3.46. The van der Waals surface area contributed by atoms with E-state index < -0.39 is 33.0 Å². The molecule has 2 aliphatic heterocycles. The van der Waals surface area contributed by atoms with Gasteiger partial charge in [-0.1, -0.05) is 53.4 Å². The number of aromatic amines is 1. The third-order valence-electron chi connectivity index (χ3n) is 6.89. The molecule has 6 rings (SSSR count). The van der Waals surface area contributed by atoms with Crippen LogP contribution >= 0.6 is 23.1 Å². The second kappa shape index (κ2) is 10.9. The number of thioether (sulfide) groups is 1. The van der Waals surface area contributed by atoms with E-state index in [0.29, 0.717) is 32.6 Å². The lowest BCUT2D eigenvalue weighted by atomic mass is 9.83. The summed E-state index contributed by atoms with van der Waals surface area (Å²) in [5, 5.41) is 7.55. The van der Waals surface area contributed by atoms with Gasteiger partial charge in [-0.15, -0.1) is 0 Å². The second-order valence-corrected chi connectivity index (χ2v) is 13.3. The number of aromatic nitrogens is 1. The van der Waals surface area contributed by atoms with Gasteiger partial charge in [0.05, 0.1) is 21.5 Å². The van der Waals surface area contributed by atoms with E-state index in [1.807, 2.05) is 0 Å². The minimum Gasteiger partial charge on any atom is -0.484 e. The minimum atomic E-state index is -3.85. The number of nitrogens with zero attached hydrogens (tertiary/aromatic N) is 1. The summed E-state index contributed by atoms with van der Waals surface area (Å²) in [6, 6.07) is 21.0. The predicted octanol–water partition coefficient (Wildman–Crippen LogP) is 2.90. The maximum absolute atomic E-state index is 13.8. The standard InChI is InChI=1S/C28H22N4O7S3/c29-42(37,38)19-11-9-16(10-12-19)30-20(33)14-39-18-8-4-5-15(13-18)21-22-24(40-25-23(21)41-28(36)31-25)27(35)32(26(22)34)17-6-2-1-3-7-17/h1-13,21-22,24H,14H2,(H,30,33)(H,31,36)(H2,29,37,38)/t21-,22-,24+/m0/s1. The SMILES string of the molecule is NS(=O)(=O)c1ccc(NC(=O)COc2cccc([C@@H]3c4sc(=O)[nH]c4S[C@H]4C(=O)N(c5ccccc5)C(=O)[C@@H]34)c2)cc1. The Morgan fingerprint density at radius 2 is 1.71 bits per heavy atom. The number of H-pyrrole nitrogens is 1. The smallest absolute Gasteiger partial charge is 0.305 e. The van der Waals surface area contributed by atoms with Gasteiger partial charge in [0.2, 0.25) is 21.8 Å². The minimum absolute atomic E-state index is 0.0816. The number of benzene rings is 3. The molecule has 42 heavy (non-hydrogen) atoms. The van der Waals surface area contributed by atoms with Crippen molar-refractivity contribution in [3.63, 3.8) is 0 Å². The molecule has 1 fully saturated rings. The number of thiazole rings is 1. The predicted molar refractivity (Wildman–Crippen MR) is 157 cm³/mol. The van der Waals surface area contributed by atoms with Crippen LogP contribution in [0.25, 0.3) is 0 Å². The van der Waals surface area contributed by atoms with Crippen LogP contribution in [0.4, 0.5) is 11.4 Å². The number of para-hydroxylation sites is 1. The first kappa shape index (κ1) is 27.9. The first-order chi connectivity index (χ1) is 20.1. The van der Waals surface area contributed by atoms with E-state index in [0.717, 1.165) is 11.3 Å². The quantitative estimate of drug-likeness (QED) is 0.264. The summed E-state index contributed by atoms with van der Waals surface area (Å²) in [5.74, 6) is -2.16. The van der Waals surface area contributed by atoms with Crippen LogP contribution in [-0.2, 0) is 24.4 Å². The summed E-state index contributed by atoms with van der Waals surface area (Å²) in [5.41, 5.74) is 1.51. The van der Waals surface area contributed by atoms with Gasteiger partial charge in [-0.25, -0.2) is 18.5 Å². The number of carbonyl (C=O) groups is 3. The molecule has 0 spiro atoms. The molecule has 0 aliphatic carbocycles. The summed E-state index contributed by atoms with van der Waals surface area (Å²) in [7, 11) is -3.85. The number of ether oxygens (including phenoxy) is 1. The maximum atomic E-state index is 13.8. The first-order valence-electron chi connectivity index (χ1n) is 12.6. The van der Waals surface area contributed by atoms with Gasteiger partial charge in [0, 0.05) is 16.5 Å². The molecule has 0 saturated carbocycles. The molecule has 4 N–H and O–H groups in total. The third kappa shape index (κ3) is 5.25. The largest absolute Gasteiger partial charge is 0.484 e. The van der Waals surface area contributed by atoms with Crippen molar-refractivity contribution >= 4 is 62.2 Å². The van der Waals surface area contributed by atoms with Crippen LogP contribution in [-0.4, -0.2) is 43.0 Å². The third-order valence-corrected chi connectivity index (χ3v) is 10.2. The molecular formula is C28H22N4O7S3. The van der Waals surface area contributed by atoms with Gasteiger partial charge in [-0.2, -0.15) is 0 Å². The van der Waals surface area contributed by atoms with Gasteiger partial charge in [0.1, 0.15) is 11.0 Å². The van der Waals surface area contributed by atoms with Gasteiger partial charge < -0.3 is 15.0 Å². The molecule has 0 unspecified atom stereocenters. The number of fused-ring (bicyclic) bond motifs is 2. The molecule has 3 heterocycles. The van der Waals surface area contributed by atoms with E-state index in [1.54, 1.807) is 54.6 Å². The van der Waals surface area contributed by atoms with E-state index in [4.69, 9.17) is 9.88 Å². The van der Waals surface area contributed by atoms with Crippen molar-refractivity contribution in [2.45, 2.75) is 21.1 Å². The normalized spacial score (nSPS) is 19.7. The lowest BCUT2D eigenvalue weighted by Gasteiger charge is -2.30. The zero-order valence-electron chi connectivity index (χ0n) is 21.6. The number of nitrogens with one attached hydrogen (secondary N) is 2. The topological polar surface area (TPSA) is 169 Å². The Labute approximate surface area is 247 Å². The van der Waals surface area contributed by atoms with Gasteiger partial charge in [0.25, 0.3) is 5.91 Å². The molecule has 3 aromatic carbocycles. The van der Waals surface area contributed by atoms with Crippen LogP contribution < -0.4 is 25.0 Å². The van der Waals surface area contributed by atoms with E-state index in [2.05, 4.69) is 10.3 Å². The first-order valence-corrected chi connectivity index (χ1v) is 15.8. The van der Waals surface area contributed by atoms with E-state index >= 15 is 0 Å². The highest BCUT2D eigenvalue weighted by Crippen LogP contribution is 2.53. The Morgan fingerprint density at radius 1 is 0.976 bits per heavy atom. The van der Waals surface area contributed by atoms with Crippen molar-refractivity contribution in [3.8, 4) is 5.75 Å². The highest BCUT2D eigenvalue weighted by Gasteiger charge is 2.56. The van der Waals surface area contributed by atoms with E-state index in [-0.39, 0.29) is 28.2 Å². The lowest BCUT2D eigenvalue weighted by molar-refractivity contribution is -0.122. The van der Waals surface area contributed by atoms with Crippen LogP contribution in [0.5, 0.6) is 5.75 Å². The number of carbonyl (C=O) groups excluding carboxylic acids is 3. The van der Waals surface area contributed by atoms with Crippen LogP contribution in [0.1, 0.15) is 16.4 Å². The Bertz CT molecular complexity index is 1870. The van der Waals surface area contributed by atoms with Crippen LogP contribution in [0.15, 0.2) is 93.6 Å². The van der Waals surface area contributed by atoms with Gasteiger partial charge in [0.15, 0.2) is 6.61 Å². The van der Waals surface area contributed by atoms with Gasteiger partial charge >= 0.3 is 4.87 Å². The average molecular weight is 623 g/mol. The zero-order valence-corrected chi connectivity index (χ0v) is 24.0. The van der Waals surface area contributed by atoms with Crippen molar-refractivity contribution in [1.82, 2.24) is 4.98 Å². The molecular weight excluding hydrogens is 601 g/mol. The van der Waals surface area contributed by atoms with Crippen molar-refractivity contribution in [1.29, 1.82) is 0 Å². The lowest BCUT2D eigenvalue weighted by Crippen LogP contribution is -2.32. The molecule has 0 bridgehead atoms. The van der Waals surface area contributed by atoms with E-state index in [9.17, 15) is 27.6 Å². The Balaban J connectivity index is 1.24. The Kier molecular flexibility index (Phi) is 7.22. The highest BCUT2D eigenvalue weighted by molar-refractivity contribution is 8.00. The fourth-order valence-electron chi connectivity index (χ4n) is 5.08. The summed E-state index contributed by atoms with van der Waals surface area (Å²) < 4.78 is 28.6. The molecule has 11 nitrogen and oxygen atoms in total. The van der Waals surface area contributed by atoms with Crippen molar-refractivity contribution < 1.29 is 27.5 Å². The number of primary sulfonamides is 1. The molecule has 3 atom stereocenters. The number of sulfonamides is 1. The number of amides is 3. The fourth-order valence-corrected chi connectivity index (χ4v) is 8.11. The van der Waals surface area contributed by atoms with E-state index in [1.165, 1.54) is 40.9 Å². The molecule has 0 radical (unpaired) electrons. The zero-order chi connectivity index (χ0) is 29.6. The summed E-state index contributed by atoms with van der Waals surface area (Å²) >= 11 is 2.20. The molecule has 3 amide bonds. The second-order valence-electron chi connectivity index (χ2n) is 9.58. The number of anilines is 2. The van der Waals surface area contributed by atoms with Crippen LogP contribution in [0, 0.1) is 5.92 Å². The monoisotopic (exact) mass is 622 g/mol. The van der Waals surface area contributed by atoms with Gasteiger partial charge in [-0.05, 0) is 54.1 Å². The summed E-state index contributed by atoms with van der Waals surface area (Å²) in [4.78, 5) is 56.4. The summed E-state index contributed by atoms with van der Waals surface area (Å²) in [6.07, 6.45) is 0. The van der Waals surface area contributed by atoms with Gasteiger partial charge in [-0.3, -0.25) is 19.2 Å². The molecule has 214 valence electrons. The molecule has 1 saturated heterocycles. The Hall–Kier alpha value is -4.24.